The van der Waals surface area contributed by atoms with Crippen LogP contribution in [0.25, 0.3) is 5.65 Å². The fourth-order valence-corrected chi connectivity index (χ4v) is 4.23. The average molecular weight is 328 g/mol. The van der Waals surface area contributed by atoms with Crippen molar-refractivity contribution in [3.63, 3.8) is 0 Å². The van der Waals surface area contributed by atoms with Gasteiger partial charge in [0.1, 0.15) is 5.65 Å². The van der Waals surface area contributed by atoms with E-state index in [1.807, 2.05) is 13.2 Å². The summed E-state index contributed by atoms with van der Waals surface area (Å²) in [4.78, 5) is 4.11. The van der Waals surface area contributed by atoms with Crippen molar-refractivity contribution in [1.82, 2.24) is 13.7 Å². The van der Waals surface area contributed by atoms with Crippen LogP contribution in [0.4, 0.5) is 5.82 Å². The van der Waals surface area contributed by atoms with Crippen molar-refractivity contribution in [2.75, 3.05) is 24.8 Å². The van der Waals surface area contributed by atoms with Crippen LogP contribution >= 0.6 is 11.8 Å². The van der Waals surface area contributed by atoms with Crippen LogP contribution in [0.2, 0.25) is 0 Å². The average Bonchev–Trinajstić information content (AvgIpc) is 2.80. The third kappa shape index (κ3) is 3.02. The zero-order valence-electron chi connectivity index (χ0n) is 12.4. The van der Waals surface area contributed by atoms with E-state index in [2.05, 4.69) is 4.98 Å². The smallest absolute Gasteiger partial charge is 0.262 e. The van der Waals surface area contributed by atoms with Gasteiger partial charge >= 0.3 is 0 Å². The number of imidazole rings is 1. The summed E-state index contributed by atoms with van der Waals surface area (Å²) in [6, 6.07) is 5.18. The Morgan fingerprint density at radius 3 is 2.86 bits per heavy atom. The summed E-state index contributed by atoms with van der Waals surface area (Å²) in [5, 5.41) is 0.0385. The topological polar surface area (TPSA) is 80.7 Å². The Labute approximate surface area is 129 Å². The number of hydrogen-bond acceptors (Lipinski definition) is 5. The standard InChI is InChI=1S/C13H20N4O2S2/c1-10(7-9-20-3)16(2)21(18,19)13-12(14)15-11-6-4-5-8-17(11)13/h4-6,8,10H,7,9,14H2,1-3H3. The second-order valence-corrected chi connectivity index (χ2v) is 7.78. The normalized spacial score (nSPS) is 13.9. The highest BCUT2D eigenvalue weighted by Gasteiger charge is 2.30. The molecule has 6 nitrogen and oxygen atoms in total. The summed E-state index contributed by atoms with van der Waals surface area (Å²) in [7, 11) is -2.10. The second-order valence-electron chi connectivity index (χ2n) is 4.88. The van der Waals surface area contributed by atoms with Crippen molar-refractivity contribution in [3.8, 4) is 0 Å². The van der Waals surface area contributed by atoms with Gasteiger partial charge in [-0.1, -0.05) is 6.07 Å². The van der Waals surface area contributed by atoms with Crippen LogP contribution < -0.4 is 5.73 Å². The Morgan fingerprint density at radius 2 is 2.19 bits per heavy atom. The number of fused-ring (bicyclic) bond motifs is 1. The summed E-state index contributed by atoms with van der Waals surface area (Å²) in [5.41, 5.74) is 6.36. The number of hydrogen-bond donors (Lipinski definition) is 1. The maximum Gasteiger partial charge on any atom is 0.262 e. The molecular weight excluding hydrogens is 308 g/mol. The van der Waals surface area contributed by atoms with Crippen LogP contribution in [0.1, 0.15) is 13.3 Å². The summed E-state index contributed by atoms with van der Waals surface area (Å²) in [6.07, 6.45) is 4.45. The minimum absolute atomic E-state index is 0.0325. The van der Waals surface area contributed by atoms with E-state index in [-0.39, 0.29) is 16.9 Å². The summed E-state index contributed by atoms with van der Waals surface area (Å²) >= 11 is 1.70. The second kappa shape index (κ2) is 6.25. The quantitative estimate of drug-likeness (QED) is 0.872. The lowest BCUT2D eigenvalue weighted by Crippen LogP contribution is -2.36. The van der Waals surface area contributed by atoms with Crippen LogP contribution in [0, 0.1) is 0 Å². The van der Waals surface area contributed by atoms with Crippen molar-refractivity contribution in [2.24, 2.45) is 0 Å². The summed E-state index contributed by atoms with van der Waals surface area (Å²) in [5.74, 6) is 0.939. The van der Waals surface area contributed by atoms with Gasteiger partial charge in [-0.2, -0.15) is 16.1 Å². The molecule has 2 aromatic rings. The van der Waals surface area contributed by atoms with Crippen molar-refractivity contribution in [1.29, 1.82) is 0 Å². The number of nitrogens with zero attached hydrogens (tertiary/aromatic N) is 3. The van der Waals surface area contributed by atoms with Gasteiger partial charge in [0.15, 0.2) is 10.8 Å². The van der Waals surface area contributed by atoms with Crippen LogP contribution in [0.15, 0.2) is 29.4 Å². The number of nitrogen functional groups attached to an aromatic ring is 1. The molecule has 0 aromatic carbocycles. The highest BCUT2D eigenvalue weighted by Crippen LogP contribution is 2.25. The van der Waals surface area contributed by atoms with E-state index in [0.29, 0.717) is 5.65 Å². The molecule has 2 rings (SSSR count). The molecule has 0 aliphatic rings. The molecule has 116 valence electrons. The Bertz CT molecular complexity index is 727. The maximum absolute atomic E-state index is 12.8. The van der Waals surface area contributed by atoms with Crippen molar-refractivity contribution in [3.05, 3.63) is 24.4 Å². The van der Waals surface area contributed by atoms with Crippen LogP contribution in [-0.2, 0) is 10.0 Å². The van der Waals surface area contributed by atoms with Crippen molar-refractivity contribution in [2.45, 2.75) is 24.4 Å². The molecule has 0 aliphatic heterocycles. The number of anilines is 1. The first-order valence-electron chi connectivity index (χ1n) is 6.59. The van der Waals surface area contributed by atoms with Gasteiger partial charge in [0, 0.05) is 19.3 Å². The molecule has 2 N–H and O–H groups in total. The molecule has 0 saturated heterocycles. The molecule has 0 fully saturated rings. The molecule has 0 aliphatic carbocycles. The molecule has 2 aromatic heterocycles. The molecule has 0 radical (unpaired) electrons. The number of pyridine rings is 1. The zero-order chi connectivity index (χ0) is 15.6. The molecule has 1 atom stereocenters. The van der Waals surface area contributed by atoms with Crippen LogP contribution in [0.5, 0.6) is 0 Å². The Morgan fingerprint density at radius 1 is 1.48 bits per heavy atom. The number of rotatable bonds is 6. The van der Waals surface area contributed by atoms with Gasteiger partial charge in [-0.25, -0.2) is 13.4 Å². The number of sulfonamides is 1. The highest BCUT2D eigenvalue weighted by molar-refractivity contribution is 7.98. The third-order valence-corrected chi connectivity index (χ3v) is 6.15. The molecule has 0 spiro atoms. The van der Waals surface area contributed by atoms with Gasteiger partial charge in [-0.05, 0) is 37.5 Å². The number of aromatic nitrogens is 2. The summed E-state index contributed by atoms with van der Waals surface area (Å²) in [6.45, 7) is 1.90. The van der Waals surface area contributed by atoms with Gasteiger partial charge in [0.05, 0.1) is 0 Å². The molecule has 21 heavy (non-hydrogen) atoms. The first-order valence-corrected chi connectivity index (χ1v) is 9.42. The monoisotopic (exact) mass is 328 g/mol. The highest BCUT2D eigenvalue weighted by atomic mass is 32.2. The minimum Gasteiger partial charge on any atom is -0.381 e. The van der Waals surface area contributed by atoms with E-state index in [4.69, 9.17) is 5.73 Å². The number of nitrogens with two attached hydrogens (primary N) is 1. The lowest BCUT2D eigenvalue weighted by Gasteiger charge is -2.23. The molecule has 2 heterocycles. The molecule has 1 unspecified atom stereocenters. The first kappa shape index (κ1) is 16.1. The molecule has 8 heteroatoms. The number of thioether (sulfide) groups is 1. The predicted molar refractivity (Wildman–Crippen MR) is 87.0 cm³/mol. The summed E-state index contributed by atoms with van der Waals surface area (Å²) < 4.78 is 28.5. The third-order valence-electron chi connectivity index (χ3n) is 3.50. The molecule has 0 amide bonds. The van der Waals surface area contributed by atoms with E-state index in [0.717, 1.165) is 12.2 Å². The fourth-order valence-electron chi connectivity index (χ4n) is 2.09. The van der Waals surface area contributed by atoms with Gasteiger partial charge in [0.25, 0.3) is 10.0 Å². The maximum atomic E-state index is 12.8. The largest absolute Gasteiger partial charge is 0.381 e. The van der Waals surface area contributed by atoms with Gasteiger partial charge in [0.2, 0.25) is 0 Å². The first-order chi connectivity index (χ1) is 9.89. The Hall–Kier alpha value is -1.25. The lowest BCUT2D eigenvalue weighted by atomic mass is 10.3. The Kier molecular flexibility index (Phi) is 4.80. The predicted octanol–water partition coefficient (Wildman–Crippen LogP) is 1.68. The minimum atomic E-state index is -3.68. The van der Waals surface area contributed by atoms with E-state index in [1.165, 1.54) is 8.71 Å². The fraction of sp³-hybridized carbons (Fsp3) is 0.462. The van der Waals surface area contributed by atoms with E-state index in [9.17, 15) is 8.42 Å². The van der Waals surface area contributed by atoms with E-state index >= 15 is 0 Å². The molecular formula is C13H20N4O2S2. The van der Waals surface area contributed by atoms with Crippen molar-refractivity contribution >= 4 is 33.3 Å². The lowest BCUT2D eigenvalue weighted by molar-refractivity contribution is 0.381. The van der Waals surface area contributed by atoms with Crippen molar-refractivity contribution < 1.29 is 8.42 Å². The SMILES string of the molecule is CSCCC(C)N(C)S(=O)(=O)c1c(N)nc2ccccn12. The van der Waals surface area contributed by atoms with E-state index < -0.39 is 10.0 Å². The molecule has 0 bridgehead atoms. The van der Waals surface area contributed by atoms with Gasteiger partial charge < -0.3 is 5.73 Å². The van der Waals surface area contributed by atoms with Gasteiger partial charge in [-0.3, -0.25) is 4.40 Å². The zero-order valence-corrected chi connectivity index (χ0v) is 14.0. The van der Waals surface area contributed by atoms with Crippen LogP contribution in [0.3, 0.4) is 0 Å². The molecule has 0 saturated carbocycles. The van der Waals surface area contributed by atoms with Crippen LogP contribution in [-0.4, -0.2) is 47.2 Å². The van der Waals surface area contributed by atoms with E-state index in [1.54, 1.807) is 43.2 Å². The van der Waals surface area contributed by atoms with Gasteiger partial charge in [-0.15, -0.1) is 0 Å². The Balaban J connectivity index is 2.44.